The molecule has 0 bridgehead atoms. The van der Waals surface area contributed by atoms with Crippen molar-refractivity contribution in [2.45, 2.75) is 26.8 Å². The Hall–Kier alpha value is -4.06. The summed E-state index contributed by atoms with van der Waals surface area (Å²) in [4.78, 5) is 34.3. The van der Waals surface area contributed by atoms with Gasteiger partial charge in [-0.15, -0.1) is 0 Å². The fourth-order valence-corrected chi connectivity index (χ4v) is 3.41. The van der Waals surface area contributed by atoms with E-state index < -0.39 is 0 Å². The van der Waals surface area contributed by atoms with Crippen molar-refractivity contribution in [2.24, 2.45) is 0 Å². The summed E-state index contributed by atoms with van der Waals surface area (Å²) in [6.07, 6.45) is 0. The van der Waals surface area contributed by atoms with E-state index >= 15 is 0 Å². The predicted molar refractivity (Wildman–Crippen MR) is 126 cm³/mol. The summed E-state index contributed by atoms with van der Waals surface area (Å²) < 4.78 is 0. The standard InChI is InChI=1S/C26H24N4O2/c1-16-17(2)28-24-15-21(12-13-23(24)27-16)26(32)29-18(3)20-10-7-11-22(14-20)30-25(31)19-8-5-4-6-9-19/h4-15,18H,1-3H3,(H,29,32)(H,30,31). The van der Waals surface area contributed by atoms with Crippen LogP contribution in [0, 0.1) is 13.8 Å². The Morgan fingerprint density at radius 1 is 0.750 bits per heavy atom. The van der Waals surface area contributed by atoms with Crippen molar-refractivity contribution in [3.05, 3.63) is 101 Å². The lowest BCUT2D eigenvalue weighted by molar-refractivity contribution is 0.0939. The van der Waals surface area contributed by atoms with Gasteiger partial charge in [0, 0.05) is 16.8 Å². The van der Waals surface area contributed by atoms with E-state index in [1.165, 1.54) is 0 Å². The Balaban J connectivity index is 1.48. The van der Waals surface area contributed by atoms with E-state index in [1.807, 2.05) is 69.3 Å². The summed E-state index contributed by atoms with van der Waals surface area (Å²) in [6.45, 7) is 5.73. The lowest BCUT2D eigenvalue weighted by Gasteiger charge is -2.16. The van der Waals surface area contributed by atoms with Crippen LogP contribution in [0.4, 0.5) is 5.69 Å². The summed E-state index contributed by atoms with van der Waals surface area (Å²) in [6, 6.07) is 21.6. The third-order valence-corrected chi connectivity index (χ3v) is 5.37. The molecule has 3 aromatic carbocycles. The minimum Gasteiger partial charge on any atom is -0.346 e. The molecular weight excluding hydrogens is 400 g/mol. The molecule has 0 fully saturated rings. The molecule has 0 spiro atoms. The molecule has 0 saturated carbocycles. The van der Waals surface area contributed by atoms with Gasteiger partial charge in [-0.05, 0) is 68.8 Å². The Bertz CT molecular complexity index is 1300. The lowest BCUT2D eigenvalue weighted by Crippen LogP contribution is -2.26. The van der Waals surface area contributed by atoms with E-state index in [9.17, 15) is 9.59 Å². The molecule has 2 N–H and O–H groups in total. The molecule has 0 saturated heterocycles. The van der Waals surface area contributed by atoms with E-state index in [0.717, 1.165) is 22.5 Å². The van der Waals surface area contributed by atoms with Gasteiger partial charge in [-0.2, -0.15) is 0 Å². The topological polar surface area (TPSA) is 84.0 Å². The summed E-state index contributed by atoms with van der Waals surface area (Å²) in [5.74, 6) is -0.375. The second kappa shape index (κ2) is 8.98. The second-order valence-corrected chi connectivity index (χ2v) is 7.74. The second-order valence-electron chi connectivity index (χ2n) is 7.74. The van der Waals surface area contributed by atoms with Gasteiger partial charge in [0.2, 0.25) is 0 Å². The number of anilines is 1. The van der Waals surface area contributed by atoms with Crippen LogP contribution >= 0.6 is 0 Å². The zero-order valence-electron chi connectivity index (χ0n) is 18.2. The van der Waals surface area contributed by atoms with E-state index in [4.69, 9.17) is 0 Å². The van der Waals surface area contributed by atoms with Gasteiger partial charge in [0.05, 0.1) is 28.5 Å². The quantitative estimate of drug-likeness (QED) is 0.473. The zero-order valence-corrected chi connectivity index (χ0v) is 18.2. The molecule has 4 rings (SSSR count). The first-order valence-corrected chi connectivity index (χ1v) is 10.4. The average Bonchev–Trinajstić information content (AvgIpc) is 2.80. The maximum atomic E-state index is 12.8. The molecular formula is C26H24N4O2. The highest BCUT2D eigenvalue weighted by atomic mass is 16.2. The van der Waals surface area contributed by atoms with Crippen LogP contribution in [-0.2, 0) is 0 Å². The Morgan fingerprint density at radius 2 is 1.47 bits per heavy atom. The third-order valence-electron chi connectivity index (χ3n) is 5.37. The highest BCUT2D eigenvalue weighted by molar-refractivity contribution is 6.04. The van der Waals surface area contributed by atoms with E-state index in [-0.39, 0.29) is 17.9 Å². The third kappa shape index (κ3) is 4.64. The van der Waals surface area contributed by atoms with Crippen molar-refractivity contribution < 1.29 is 9.59 Å². The number of fused-ring (bicyclic) bond motifs is 1. The van der Waals surface area contributed by atoms with Gasteiger partial charge in [-0.3, -0.25) is 9.59 Å². The van der Waals surface area contributed by atoms with Gasteiger partial charge < -0.3 is 10.6 Å². The monoisotopic (exact) mass is 424 g/mol. The van der Waals surface area contributed by atoms with E-state index in [0.29, 0.717) is 22.3 Å². The zero-order chi connectivity index (χ0) is 22.7. The van der Waals surface area contributed by atoms with Crippen LogP contribution in [-0.4, -0.2) is 21.8 Å². The summed E-state index contributed by atoms with van der Waals surface area (Å²) >= 11 is 0. The minimum atomic E-state index is -0.252. The van der Waals surface area contributed by atoms with E-state index in [1.54, 1.807) is 24.3 Å². The largest absolute Gasteiger partial charge is 0.346 e. The number of nitrogens with zero attached hydrogens (tertiary/aromatic N) is 2. The Labute approximate surface area is 186 Å². The van der Waals surface area contributed by atoms with Gasteiger partial charge in [0.15, 0.2) is 0 Å². The van der Waals surface area contributed by atoms with Gasteiger partial charge in [0.1, 0.15) is 0 Å². The number of hydrogen-bond donors (Lipinski definition) is 2. The minimum absolute atomic E-state index is 0.178. The summed E-state index contributed by atoms with van der Waals surface area (Å²) in [5.41, 5.74) is 5.85. The molecule has 6 heteroatoms. The average molecular weight is 425 g/mol. The Morgan fingerprint density at radius 3 is 2.22 bits per heavy atom. The number of rotatable bonds is 5. The number of benzene rings is 3. The fraction of sp³-hybridized carbons (Fsp3) is 0.154. The molecule has 0 aliphatic carbocycles. The molecule has 1 atom stereocenters. The van der Waals surface area contributed by atoms with Crippen molar-refractivity contribution >= 4 is 28.5 Å². The molecule has 2 amide bonds. The fourth-order valence-electron chi connectivity index (χ4n) is 3.41. The number of hydrogen-bond acceptors (Lipinski definition) is 4. The first-order valence-electron chi connectivity index (χ1n) is 10.4. The van der Waals surface area contributed by atoms with Crippen molar-refractivity contribution in [3.8, 4) is 0 Å². The number of aromatic nitrogens is 2. The van der Waals surface area contributed by atoms with Crippen LogP contribution < -0.4 is 10.6 Å². The number of nitrogens with one attached hydrogen (secondary N) is 2. The van der Waals surface area contributed by atoms with Crippen LogP contribution in [0.25, 0.3) is 11.0 Å². The maximum absolute atomic E-state index is 12.8. The SMILES string of the molecule is Cc1nc2ccc(C(=O)NC(C)c3cccc(NC(=O)c4ccccc4)c3)cc2nc1C. The highest BCUT2D eigenvalue weighted by Gasteiger charge is 2.14. The van der Waals surface area contributed by atoms with Crippen LogP contribution in [0.1, 0.15) is 50.6 Å². The predicted octanol–water partition coefficient (Wildman–Crippen LogP) is 4.99. The Kier molecular flexibility index (Phi) is 5.94. The summed E-state index contributed by atoms with van der Waals surface area (Å²) in [5, 5.41) is 5.92. The number of carbonyl (C=O) groups is 2. The van der Waals surface area contributed by atoms with Crippen molar-refractivity contribution in [1.82, 2.24) is 15.3 Å². The van der Waals surface area contributed by atoms with Crippen LogP contribution in [0.3, 0.4) is 0 Å². The number of carbonyl (C=O) groups excluding carboxylic acids is 2. The van der Waals surface area contributed by atoms with Gasteiger partial charge in [0.25, 0.3) is 11.8 Å². The van der Waals surface area contributed by atoms with E-state index in [2.05, 4.69) is 20.6 Å². The lowest BCUT2D eigenvalue weighted by atomic mass is 10.1. The number of amides is 2. The van der Waals surface area contributed by atoms with Crippen LogP contribution in [0.15, 0.2) is 72.8 Å². The smallest absolute Gasteiger partial charge is 0.255 e. The molecule has 32 heavy (non-hydrogen) atoms. The van der Waals surface area contributed by atoms with Crippen LogP contribution in [0.2, 0.25) is 0 Å². The molecule has 1 unspecified atom stereocenters. The van der Waals surface area contributed by atoms with Crippen LogP contribution in [0.5, 0.6) is 0 Å². The van der Waals surface area contributed by atoms with Crippen molar-refractivity contribution in [2.75, 3.05) is 5.32 Å². The van der Waals surface area contributed by atoms with Gasteiger partial charge >= 0.3 is 0 Å². The molecule has 1 aromatic heterocycles. The number of aryl methyl sites for hydroxylation is 2. The highest BCUT2D eigenvalue weighted by Crippen LogP contribution is 2.20. The van der Waals surface area contributed by atoms with Crippen molar-refractivity contribution in [1.29, 1.82) is 0 Å². The molecule has 0 aliphatic rings. The summed E-state index contributed by atoms with van der Waals surface area (Å²) in [7, 11) is 0. The molecule has 160 valence electrons. The molecule has 0 radical (unpaired) electrons. The normalized spacial score (nSPS) is 11.7. The molecule has 6 nitrogen and oxygen atoms in total. The van der Waals surface area contributed by atoms with Gasteiger partial charge in [-0.1, -0.05) is 30.3 Å². The van der Waals surface area contributed by atoms with Crippen molar-refractivity contribution in [3.63, 3.8) is 0 Å². The molecule has 4 aromatic rings. The maximum Gasteiger partial charge on any atom is 0.255 e. The first kappa shape index (κ1) is 21.2. The van der Waals surface area contributed by atoms with Gasteiger partial charge in [-0.25, -0.2) is 9.97 Å². The molecule has 0 aliphatic heterocycles. The molecule has 1 heterocycles. The first-order chi connectivity index (χ1) is 15.4.